The molecule has 0 spiro atoms. The molecule has 0 unspecified atom stereocenters. The summed E-state index contributed by atoms with van der Waals surface area (Å²) in [6.45, 7) is 0. The van der Waals surface area contributed by atoms with Crippen LogP contribution in [0.4, 0.5) is 11.4 Å². The summed E-state index contributed by atoms with van der Waals surface area (Å²) in [5, 5.41) is 3.58. The summed E-state index contributed by atoms with van der Waals surface area (Å²) in [7, 11) is -3.35. The van der Waals surface area contributed by atoms with Crippen molar-refractivity contribution >= 4 is 21.4 Å². The molecule has 2 N–H and O–H groups in total. The minimum atomic E-state index is -3.35. The predicted molar refractivity (Wildman–Crippen MR) is 109 cm³/mol. The van der Waals surface area contributed by atoms with Gasteiger partial charge in [0.2, 0.25) is 10.0 Å². The normalized spacial score (nSPS) is 16.0. The molecular weight excluding hydrogens is 344 g/mol. The smallest absolute Gasteiger partial charge is 0.233 e. The van der Waals surface area contributed by atoms with E-state index < -0.39 is 10.0 Å². The quantitative estimate of drug-likeness (QED) is 0.686. The van der Waals surface area contributed by atoms with Gasteiger partial charge in [-0.05, 0) is 49.1 Å². The lowest BCUT2D eigenvalue weighted by Gasteiger charge is -2.18. The Morgan fingerprint density at radius 2 is 1.42 bits per heavy atom. The molecule has 0 amide bonds. The van der Waals surface area contributed by atoms with Crippen LogP contribution in [0, 0.1) is 0 Å². The van der Waals surface area contributed by atoms with Crippen LogP contribution >= 0.6 is 0 Å². The summed E-state index contributed by atoms with van der Waals surface area (Å²) >= 11 is 0. The molecule has 0 atom stereocenters. The lowest BCUT2D eigenvalue weighted by Crippen LogP contribution is -2.19. The first kappa shape index (κ1) is 18.8. The molecular formula is C21H28N2O2S. The Kier molecular flexibility index (Phi) is 6.56. The SMILES string of the molecule is O=S(=O)(CCc1ccccc1)Nc1ccc(NC2CCCCCC2)cc1. The molecule has 26 heavy (non-hydrogen) atoms. The van der Waals surface area contributed by atoms with Crippen LogP contribution in [0.1, 0.15) is 44.1 Å². The first-order chi connectivity index (χ1) is 12.6. The molecule has 1 fully saturated rings. The Bertz CT molecular complexity index is 765. The number of hydrogen-bond acceptors (Lipinski definition) is 3. The van der Waals surface area contributed by atoms with Crippen molar-refractivity contribution in [3.8, 4) is 0 Å². The molecule has 1 aliphatic carbocycles. The highest BCUT2D eigenvalue weighted by atomic mass is 32.2. The fraction of sp³-hybridized carbons (Fsp3) is 0.429. The molecule has 140 valence electrons. The van der Waals surface area contributed by atoms with E-state index in [9.17, 15) is 8.42 Å². The van der Waals surface area contributed by atoms with E-state index in [1.807, 2.05) is 54.6 Å². The van der Waals surface area contributed by atoms with Crippen LogP contribution in [0.5, 0.6) is 0 Å². The van der Waals surface area contributed by atoms with Gasteiger partial charge in [-0.3, -0.25) is 4.72 Å². The van der Waals surface area contributed by atoms with Gasteiger partial charge in [0.15, 0.2) is 0 Å². The van der Waals surface area contributed by atoms with E-state index in [4.69, 9.17) is 0 Å². The largest absolute Gasteiger partial charge is 0.382 e. The second kappa shape index (κ2) is 9.08. The van der Waals surface area contributed by atoms with Crippen LogP contribution in [0.3, 0.4) is 0 Å². The first-order valence-electron chi connectivity index (χ1n) is 9.52. The molecule has 1 aliphatic rings. The molecule has 2 aromatic carbocycles. The maximum absolute atomic E-state index is 12.3. The predicted octanol–water partition coefficient (Wildman–Crippen LogP) is 4.81. The van der Waals surface area contributed by atoms with Crippen LogP contribution in [0.2, 0.25) is 0 Å². The summed E-state index contributed by atoms with van der Waals surface area (Å²) in [6.07, 6.45) is 8.19. The van der Waals surface area contributed by atoms with Gasteiger partial charge in [0, 0.05) is 17.4 Å². The highest BCUT2D eigenvalue weighted by Crippen LogP contribution is 2.22. The summed E-state index contributed by atoms with van der Waals surface area (Å²) < 4.78 is 27.2. The maximum atomic E-state index is 12.3. The van der Waals surface area contributed by atoms with Gasteiger partial charge >= 0.3 is 0 Å². The van der Waals surface area contributed by atoms with Crippen LogP contribution in [-0.4, -0.2) is 20.2 Å². The van der Waals surface area contributed by atoms with E-state index in [1.165, 1.54) is 38.5 Å². The molecule has 3 rings (SSSR count). The molecule has 0 radical (unpaired) electrons. The average molecular weight is 373 g/mol. The van der Waals surface area contributed by atoms with Crippen molar-refractivity contribution in [2.45, 2.75) is 51.0 Å². The van der Waals surface area contributed by atoms with Crippen molar-refractivity contribution in [3.05, 3.63) is 60.2 Å². The van der Waals surface area contributed by atoms with Crippen LogP contribution in [0.15, 0.2) is 54.6 Å². The third-order valence-corrected chi connectivity index (χ3v) is 6.17. The van der Waals surface area contributed by atoms with E-state index in [0.29, 0.717) is 18.2 Å². The number of aryl methyl sites for hydroxylation is 1. The average Bonchev–Trinajstić information content (AvgIpc) is 2.91. The molecule has 5 heteroatoms. The Morgan fingerprint density at radius 1 is 0.808 bits per heavy atom. The van der Waals surface area contributed by atoms with Crippen LogP contribution < -0.4 is 10.0 Å². The number of nitrogens with one attached hydrogen (secondary N) is 2. The Hall–Kier alpha value is -2.01. The van der Waals surface area contributed by atoms with Crippen molar-refractivity contribution in [3.63, 3.8) is 0 Å². The fourth-order valence-corrected chi connectivity index (χ4v) is 4.52. The van der Waals surface area contributed by atoms with Gasteiger partial charge in [0.1, 0.15) is 0 Å². The number of anilines is 2. The van der Waals surface area contributed by atoms with Crippen molar-refractivity contribution in [1.29, 1.82) is 0 Å². The van der Waals surface area contributed by atoms with Crippen molar-refractivity contribution in [1.82, 2.24) is 0 Å². The van der Waals surface area contributed by atoms with E-state index in [-0.39, 0.29) is 5.75 Å². The Morgan fingerprint density at radius 3 is 2.08 bits per heavy atom. The van der Waals surface area contributed by atoms with Crippen molar-refractivity contribution < 1.29 is 8.42 Å². The Labute approximate surface area is 157 Å². The van der Waals surface area contributed by atoms with Gasteiger partial charge in [0.25, 0.3) is 0 Å². The third-order valence-electron chi connectivity index (χ3n) is 4.89. The van der Waals surface area contributed by atoms with Gasteiger partial charge in [-0.15, -0.1) is 0 Å². The summed E-state index contributed by atoms with van der Waals surface area (Å²) in [5.74, 6) is 0.0824. The lowest BCUT2D eigenvalue weighted by atomic mass is 10.1. The van der Waals surface area contributed by atoms with Gasteiger partial charge in [-0.2, -0.15) is 0 Å². The van der Waals surface area contributed by atoms with E-state index >= 15 is 0 Å². The number of benzene rings is 2. The minimum Gasteiger partial charge on any atom is -0.382 e. The number of sulfonamides is 1. The molecule has 0 saturated heterocycles. The van der Waals surface area contributed by atoms with Gasteiger partial charge in [-0.25, -0.2) is 8.42 Å². The second-order valence-electron chi connectivity index (χ2n) is 7.07. The summed E-state index contributed by atoms with van der Waals surface area (Å²) in [4.78, 5) is 0. The van der Waals surface area contributed by atoms with Crippen molar-refractivity contribution in [2.75, 3.05) is 15.8 Å². The summed E-state index contributed by atoms with van der Waals surface area (Å²) in [6, 6.07) is 17.8. The van der Waals surface area contributed by atoms with E-state index in [1.54, 1.807) is 0 Å². The van der Waals surface area contributed by atoms with Crippen LogP contribution in [-0.2, 0) is 16.4 Å². The molecule has 0 aliphatic heterocycles. The van der Waals surface area contributed by atoms with E-state index in [0.717, 1.165) is 11.3 Å². The van der Waals surface area contributed by atoms with Gasteiger partial charge in [-0.1, -0.05) is 56.0 Å². The lowest BCUT2D eigenvalue weighted by molar-refractivity contribution is 0.600. The maximum Gasteiger partial charge on any atom is 0.233 e. The second-order valence-corrected chi connectivity index (χ2v) is 8.91. The number of hydrogen-bond donors (Lipinski definition) is 2. The van der Waals surface area contributed by atoms with Crippen LogP contribution in [0.25, 0.3) is 0 Å². The zero-order valence-electron chi connectivity index (χ0n) is 15.2. The standard InChI is InChI=1S/C21H28N2O2S/c24-26(25,17-16-18-8-4-3-5-9-18)23-21-14-12-20(13-15-21)22-19-10-6-1-2-7-11-19/h3-5,8-9,12-15,19,22-23H,1-2,6-7,10-11,16-17H2. The first-order valence-corrected chi connectivity index (χ1v) is 11.2. The Balaban J connectivity index is 1.52. The molecule has 4 nitrogen and oxygen atoms in total. The molecule has 2 aromatic rings. The molecule has 0 aromatic heterocycles. The third kappa shape index (κ3) is 6.06. The molecule has 0 heterocycles. The topological polar surface area (TPSA) is 58.2 Å². The monoisotopic (exact) mass is 372 g/mol. The van der Waals surface area contributed by atoms with E-state index in [2.05, 4.69) is 10.0 Å². The number of rotatable bonds is 7. The molecule has 1 saturated carbocycles. The highest BCUT2D eigenvalue weighted by molar-refractivity contribution is 7.92. The highest BCUT2D eigenvalue weighted by Gasteiger charge is 2.13. The zero-order valence-corrected chi connectivity index (χ0v) is 16.0. The zero-order chi connectivity index (χ0) is 18.2. The summed E-state index contributed by atoms with van der Waals surface area (Å²) in [5.41, 5.74) is 2.70. The van der Waals surface area contributed by atoms with Gasteiger partial charge in [0.05, 0.1) is 5.75 Å². The molecule has 0 bridgehead atoms. The van der Waals surface area contributed by atoms with Crippen molar-refractivity contribution in [2.24, 2.45) is 0 Å². The fourth-order valence-electron chi connectivity index (χ4n) is 3.42. The minimum absolute atomic E-state index is 0.0824. The van der Waals surface area contributed by atoms with Gasteiger partial charge < -0.3 is 5.32 Å².